The number of nitro groups is 1. The second kappa shape index (κ2) is 6.10. The Bertz CT molecular complexity index is 477. The van der Waals surface area contributed by atoms with Crippen molar-refractivity contribution in [2.45, 2.75) is 25.3 Å². The first-order valence-electron chi connectivity index (χ1n) is 6.75. The first-order valence-corrected chi connectivity index (χ1v) is 6.75. The average molecular weight is 318 g/mol. The van der Waals surface area contributed by atoms with E-state index in [4.69, 9.17) is 14.2 Å². The van der Waals surface area contributed by atoms with Gasteiger partial charge in [0.25, 0.3) is 0 Å². The van der Waals surface area contributed by atoms with E-state index in [1.54, 1.807) is 13.8 Å². The zero-order valence-electron chi connectivity index (χ0n) is 12.4. The summed E-state index contributed by atoms with van der Waals surface area (Å²) < 4.78 is 15.4. The van der Waals surface area contributed by atoms with Crippen molar-refractivity contribution in [3.8, 4) is 0 Å². The van der Waals surface area contributed by atoms with E-state index in [0.29, 0.717) is 13.2 Å². The summed E-state index contributed by atoms with van der Waals surface area (Å²) >= 11 is 0. The lowest BCUT2D eigenvalue weighted by atomic mass is 10.2. The van der Waals surface area contributed by atoms with Crippen molar-refractivity contribution in [1.82, 2.24) is 4.90 Å². The molecule has 2 heterocycles. The van der Waals surface area contributed by atoms with Gasteiger partial charge in [0.05, 0.1) is 18.3 Å². The quantitative estimate of drug-likeness (QED) is 0.233. The van der Waals surface area contributed by atoms with Gasteiger partial charge >= 0.3 is 11.7 Å². The molecule has 0 aliphatic carbocycles. The third-order valence-corrected chi connectivity index (χ3v) is 3.46. The zero-order valence-corrected chi connectivity index (χ0v) is 12.4. The molecular formula is C11H18N4O7. The highest BCUT2D eigenvalue weighted by atomic mass is 16.7. The molecule has 0 saturated carbocycles. The van der Waals surface area contributed by atoms with Crippen molar-refractivity contribution in [3.05, 3.63) is 15.3 Å². The van der Waals surface area contributed by atoms with Gasteiger partial charge in [-0.2, -0.15) is 0 Å². The fourth-order valence-corrected chi connectivity index (χ4v) is 1.94. The number of rotatable bonds is 2. The molecule has 0 bridgehead atoms. The van der Waals surface area contributed by atoms with Crippen LogP contribution in [0.25, 0.3) is 0 Å². The van der Waals surface area contributed by atoms with Crippen LogP contribution in [0.3, 0.4) is 0 Å². The Hall–Kier alpha value is -1.85. The predicted octanol–water partition coefficient (Wildman–Crippen LogP) is 0.157. The maximum absolute atomic E-state index is 12.1. The molecular weight excluding hydrogens is 300 g/mol. The smallest absolute Gasteiger partial charge is 0.484 e. The summed E-state index contributed by atoms with van der Waals surface area (Å²) in [5, 5.41) is 26.7. The van der Waals surface area contributed by atoms with E-state index < -0.39 is 35.6 Å². The Morgan fingerprint density at radius 3 is 2.23 bits per heavy atom. The van der Waals surface area contributed by atoms with Gasteiger partial charge in [0.2, 0.25) is 0 Å². The van der Waals surface area contributed by atoms with Gasteiger partial charge in [0.1, 0.15) is 4.92 Å². The topological polar surface area (TPSA) is 130 Å². The third-order valence-electron chi connectivity index (χ3n) is 3.46. The second-order valence-electron chi connectivity index (χ2n) is 5.47. The van der Waals surface area contributed by atoms with Gasteiger partial charge in [-0.25, -0.2) is 4.79 Å². The van der Waals surface area contributed by atoms with Gasteiger partial charge < -0.3 is 24.3 Å². The summed E-state index contributed by atoms with van der Waals surface area (Å²) in [5.41, 5.74) is -2.27. The molecule has 0 atom stereocenters. The Morgan fingerprint density at radius 1 is 1.18 bits per heavy atom. The molecule has 0 radical (unpaired) electrons. The number of carbonyl (C=O) groups excluding carboxylic acids is 1. The predicted molar refractivity (Wildman–Crippen MR) is 69.6 cm³/mol. The number of morpholine rings is 1. The number of urea groups is 1. The lowest BCUT2D eigenvalue weighted by Gasteiger charge is -2.34. The van der Waals surface area contributed by atoms with Crippen LogP contribution in [0.15, 0.2) is 5.11 Å². The minimum absolute atomic E-state index is 0.222. The van der Waals surface area contributed by atoms with E-state index >= 15 is 0 Å². The van der Waals surface area contributed by atoms with Crippen molar-refractivity contribution in [3.63, 3.8) is 0 Å². The summed E-state index contributed by atoms with van der Waals surface area (Å²) in [5.74, 6) is -1.03. The van der Waals surface area contributed by atoms with E-state index in [1.807, 2.05) is 0 Å². The number of carbonyl (C=O) groups is 1. The molecule has 2 fully saturated rings. The fourth-order valence-electron chi connectivity index (χ4n) is 1.94. The zero-order chi connectivity index (χ0) is 16.4. The van der Waals surface area contributed by atoms with Gasteiger partial charge in [0.15, 0.2) is 19.0 Å². The molecule has 11 nitrogen and oxygen atoms in total. The molecule has 0 aromatic heterocycles. The summed E-state index contributed by atoms with van der Waals surface area (Å²) in [6.07, 6.45) is 0. The van der Waals surface area contributed by atoms with Crippen molar-refractivity contribution >= 4 is 6.03 Å². The molecule has 0 unspecified atom stereocenters. The number of hydrogen-bond acceptors (Lipinski definition) is 7. The number of hydrogen-bond donors (Lipinski definition) is 0. The molecule has 0 N–H and O–H groups in total. The van der Waals surface area contributed by atoms with Gasteiger partial charge in [-0.3, -0.25) is 10.1 Å². The Kier molecular flexibility index (Phi) is 4.58. The van der Waals surface area contributed by atoms with Crippen molar-refractivity contribution < 1.29 is 28.8 Å². The summed E-state index contributed by atoms with van der Waals surface area (Å²) in [4.78, 5) is 23.4. The Labute approximate surface area is 126 Å². The first kappa shape index (κ1) is 16.5. The van der Waals surface area contributed by atoms with E-state index in [-0.39, 0.29) is 18.0 Å². The standard InChI is InChI=1S/C11H18N4O7/c1-10(2)21-7-11(8-22-10,15(18)19)14(17)12-9(16)13-3-5-20-6-4-13/h3-8H2,1-2H3. The van der Waals surface area contributed by atoms with E-state index in [9.17, 15) is 20.1 Å². The van der Waals surface area contributed by atoms with Crippen molar-refractivity contribution in [1.29, 1.82) is 0 Å². The van der Waals surface area contributed by atoms with Crippen LogP contribution in [0.1, 0.15) is 13.8 Å². The number of amides is 2. The van der Waals surface area contributed by atoms with E-state index in [2.05, 4.69) is 5.11 Å². The molecule has 2 aliphatic heterocycles. The number of ether oxygens (including phenoxy) is 3. The summed E-state index contributed by atoms with van der Waals surface area (Å²) in [7, 11) is 0. The third kappa shape index (κ3) is 3.31. The van der Waals surface area contributed by atoms with Gasteiger partial charge in [0, 0.05) is 13.1 Å². The molecule has 0 spiro atoms. The molecule has 2 saturated heterocycles. The van der Waals surface area contributed by atoms with Gasteiger partial charge in [-0.15, -0.1) is 0 Å². The Morgan fingerprint density at radius 2 is 1.73 bits per heavy atom. The minimum atomic E-state index is -2.27. The molecule has 2 aliphatic rings. The Balaban J connectivity index is 2.16. The lowest BCUT2D eigenvalue weighted by Crippen LogP contribution is -2.61. The highest BCUT2D eigenvalue weighted by Gasteiger charge is 2.60. The minimum Gasteiger partial charge on any atom is -0.594 e. The molecule has 11 heteroatoms. The maximum atomic E-state index is 12.1. The van der Waals surface area contributed by atoms with Crippen LogP contribution >= 0.6 is 0 Å². The van der Waals surface area contributed by atoms with Crippen LogP contribution in [0.5, 0.6) is 0 Å². The lowest BCUT2D eigenvalue weighted by molar-refractivity contribution is -0.825. The van der Waals surface area contributed by atoms with Crippen LogP contribution in [0.2, 0.25) is 0 Å². The van der Waals surface area contributed by atoms with Gasteiger partial charge in [-0.05, 0) is 18.7 Å². The highest BCUT2D eigenvalue weighted by molar-refractivity contribution is 5.74. The van der Waals surface area contributed by atoms with Crippen molar-refractivity contribution in [2.75, 3.05) is 39.5 Å². The monoisotopic (exact) mass is 318 g/mol. The van der Waals surface area contributed by atoms with Crippen LogP contribution < -0.4 is 0 Å². The SMILES string of the molecule is CC1(C)OCC([N+](=O)[O-])([N+]([O-])=NC(=O)N2CCOCC2)CO1. The molecule has 124 valence electrons. The largest absolute Gasteiger partial charge is 0.594 e. The number of hydroxylamine groups is 1. The highest BCUT2D eigenvalue weighted by Crippen LogP contribution is 2.26. The first-order chi connectivity index (χ1) is 10.3. The molecule has 2 amide bonds. The molecule has 2 rings (SSSR count). The van der Waals surface area contributed by atoms with Crippen LogP contribution in [-0.4, -0.2) is 71.7 Å². The normalized spacial score (nSPS) is 24.8. The fraction of sp³-hybridized carbons (Fsp3) is 0.909. The van der Waals surface area contributed by atoms with E-state index in [0.717, 1.165) is 0 Å². The van der Waals surface area contributed by atoms with Crippen LogP contribution in [-0.2, 0) is 14.2 Å². The number of nitrogens with zero attached hydrogens (tertiary/aromatic N) is 4. The average Bonchev–Trinajstić information content (AvgIpc) is 2.48. The number of azo groups is 1. The maximum Gasteiger partial charge on any atom is 0.484 e. The molecule has 0 aromatic rings. The molecule has 0 aromatic carbocycles. The van der Waals surface area contributed by atoms with Crippen LogP contribution in [0, 0.1) is 15.3 Å². The second-order valence-corrected chi connectivity index (χ2v) is 5.47. The summed E-state index contributed by atoms with van der Waals surface area (Å²) in [6, 6.07) is -0.843. The summed E-state index contributed by atoms with van der Waals surface area (Å²) in [6.45, 7) is 3.31. The van der Waals surface area contributed by atoms with Crippen LogP contribution in [0.4, 0.5) is 4.79 Å². The molecule has 22 heavy (non-hydrogen) atoms. The van der Waals surface area contributed by atoms with E-state index in [1.165, 1.54) is 4.90 Å². The van der Waals surface area contributed by atoms with Gasteiger partial charge in [-0.1, -0.05) is 0 Å². The van der Waals surface area contributed by atoms with Crippen molar-refractivity contribution in [2.24, 2.45) is 5.11 Å².